The summed E-state index contributed by atoms with van der Waals surface area (Å²) in [4.78, 5) is 18.2. The molecule has 94 valence electrons. The van der Waals surface area contributed by atoms with Gasteiger partial charge >= 0.3 is 0 Å². The van der Waals surface area contributed by atoms with Crippen LogP contribution in [0.5, 0.6) is 0 Å². The minimum absolute atomic E-state index is 0.0486. The van der Waals surface area contributed by atoms with Crippen molar-refractivity contribution < 1.29 is 4.79 Å². The number of hydrogen-bond acceptors (Lipinski definition) is 4. The first-order valence-electron chi connectivity index (χ1n) is 6.10. The highest BCUT2D eigenvalue weighted by atomic mass is 32.1. The summed E-state index contributed by atoms with van der Waals surface area (Å²) in [6.07, 6.45) is 4.11. The molecule has 1 saturated heterocycles. The van der Waals surface area contributed by atoms with Crippen LogP contribution in [0.2, 0.25) is 0 Å². The van der Waals surface area contributed by atoms with Gasteiger partial charge < -0.3 is 5.32 Å². The Hall–Kier alpha value is -0.940. The average molecular weight is 253 g/mol. The van der Waals surface area contributed by atoms with Crippen LogP contribution in [-0.2, 0) is 4.79 Å². The predicted octanol–water partition coefficient (Wildman–Crippen LogP) is 2.20. The molecule has 0 spiro atoms. The normalized spacial score (nSPS) is 21.0. The van der Waals surface area contributed by atoms with E-state index in [0.717, 1.165) is 6.54 Å². The van der Waals surface area contributed by atoms with Gasteiger partial charge in [0, 0.05) is 17.6 Å². The number of likely N-dealkylation sites (tertiary alicyclic amines) is 1. The van der Waals surface area contributed by atoms with Crippen molar-refractivity contribution in [2.45, 2.75) is 32.7 Å². The quantitative estimate of drug-likeness (QED) is 0.894. The second-order valence-corrected chi connectivity index (χ2v) is 5.70. The van der Waals surface area contributed by atoms with E-state index in [1.807, 2.05) is 5.38 Å². The SMILES string of the molecule is CC(C)C1CCCN1CC(=O)Nc1nccs1. The van der Waals surface area contributed by atoms with Crippen molar-refractivity contribution in [3.63, 3.8) is 0 Å². The van der Waals surface area contributed by atoms with Gasteiger partial charge in [0.15, 0.2) is 5.13 Å². The minimum Gasteiger partial charge on any atom is -0.301 e. The van der Waals surface area contributed by atoms with E-state index in [1.54, 1.807) is 6.20 Å². The maximum Gasteiger partial charge on any atom is 0.240 e. The summed E-state index contributed by atoms with van der Waals surface area (Å²) in [5, 5.41) is 5.39. The Balaban J connectivity index is 1.86. The molecule has 0 aliphatic carbocycles. The van der Waals surface area contributed by atoms with Gasteiger partial charge in [0.25, 0.3) is 0 Å². The lowest BCUT2D eigenvalue weighted by Gasteiger charge is -2.26. The molecule has 2 heterocycles. The minimum atomic E-state index is 0.0486. The highest BCUT2D eigenvalue weighted by Gasteiger charge is 2.28. The number of hydrogen-bond donors (Lipinski definition) is 1. The lowest BCUT2D eigenvalue weighted by atomic mass is 10.0. The maximum atomic E-state index is 11.8. The van der Waals surface area contributed by atoms with Crippen LogP contribution >= 0.6 is 11.3 Å². The number of nitrogens with zero attached hydrogens (tertiary/aromatic N) is 2. The van der Waals surface area contributed by atoms with Crippen LogP contribution in [0.4, 0.5) is 5.13 Å². The molecule has 1 aromatic heterocycles. The zero-order valence-corrected chi connectivity index (χ0v) is 11.2. The molecular weight excluding hydrogens is 234 g/mol. The summed E-state index contributed by atoms with van der Waals surface area (Å²) in [6, 6.07) is 0.553. The number of amides is 1. The molecule has 1 atom stereocenters. The van der Waals surface area contributed by atoms with Crippen molar-refractivity contribution in [1.82, 2.24) is 9.88 Å². The van der Waals surface area contributed by atoms with Crippen LogP contribution in [-0.4, -0.2) is 34.9 Å². The summed E-state index contributed by atoms with van der Waals surface area (Å²) >= 11 is 1.45. The molecule has 1 aliphatic heterocycles. The molecule has 1 amide bonds. The third-order valence-corrected chi connectivity index (χ3v) is 3.90. The van der Waals surface area contributed by atoms with Crippen molar-refractivity contribution in [3.8, 4) is 0 Å². The zero-order chi connectivity index (χ0) is 12.3. The number of carbonyl (C=O) groups is 1. The van der Waals surface area contributed by atoms with Gasteiger partial charge in [-0.25, -0.2) is 4.98 Å². The average Bonchev–Trinajstić information content (AvgIpc) is 2.88. The molecule has 1 aliphatic rings. The monoisotopic (exact) mass is 253 g/mol. The highest BCUT2D eigenvalue weighted by Crippen LogP contribution is 2.23. The standard InChI is InChI=1S/C12H19N3OS/c1-9(2)10-4-3-6-15(10)8-11(16)14-12-13-5-7-17-12/h5,7,9-10H,3-4,6,8H2,1-2H3,(H,13,14,16). The van der Waals surface area contributed by atoms with Gasteiger partial charge in [-0.2, -0.15) is 0 Å². The van der Waals surface area contributed by atoms with E-state index in [4.69, 9.17) is 0 Å². The fourth-order valence-electron chi connectivity index (χ4n) is 2.43. The number of nitrogens with one attached hydrogen (secondary N) is 1. The molecule has 0 bridgehead atoms. The van der Waals surface area contributed by atoms with Crippen molar-refractivity contribution in [3.05, 3.63) is 11.6 Å². The van der Waals surface area contributed by atoms with Gasteiger partial charge in [0.1, 0.15) is 0 Å². The predicted molar refractivity (Wildman–Crippen MR) is 70.2 cm³/mol. The number of aromatic nitrogens is 1. The van der Waals surface area contributed by atoms with E-state index in [-0.39, 0.29) is 5.91 Å². The largest absolute Gasteiger partial charge is 0.301 e. The second-order valence-electron chi connectivity index (χ2n) is 4.81. The van der Waals surface area contributed by atoms with Gasteiger partial charge in [0.2, 0.25) is 5.91 Å². The van der Waals surface area contributed by atoms with Crippen LogP contribution in [0, 0.1) is 5.92 Å². The topological polar surface area (TPSA) is 45.2 Å². The lowest BCUT2D eigenvalue weighted by molar-refractivity contribution is -0.117. The van der Waals surface area contributed by atoms with Gasteiger partial charge in [-0.3, -0.25) is 9.69 Å². The smallest absolute Gasteiger partial charge is 0.240 e. The molecule has 1 N–H and O–H groups in total. The molecule has 4 nitrogen and oxygen atoms in total. The van der Waals surface area contributed by atoms with Crippen molar-refractivity contribution in [2.24, 2.45) is 5.92 Å². The molecule has 5 heteroatoms. The Bertz CT molecular complexity index is 364. The molecule has 2 rings (SSSR count). The van der Waals surface area contributed by atoms with Crippen LogP contribution in [0.15, 0.2) is 11.6 Å². The fourth-order valence-corrected chi connectivity index (χ4v) is 2.98. The molecule has 1 fully saturated rings. The third-order valence-electron chi connectivity index (χ3n) is 3.21. The fraction of sp³-hybridized carbons (Fsp3) is 0.667. The lowest BCUT2D eigenvalue weighted by Crippen LogP contribution is -2.39. The number of rotatable bonds is 4. The van der Waals surface area contributed by atoms with Crippen LogP contribution in [0.1, 0.15) is 26.7 Å². The first-order valence-corrected chi connectivity index (χ1v) is 6.98. The van der Waals surface area contributed by atoms with E-state index in [2.05, 4.69) is 29.0 Å². The van der Waals surface area contributed by atoms with E-state index in [9.17, 15) is 4.79 Å². The molecule has 0 radical (unpaired) electrons. The number of thiazole rings is 1. The molecule has 1 aromatic rings. The first-order chi connectivity index (χ1) is 8.16. The highest BCUT2D eigenvalue weighted by molar-refractivity contribution is 7.13. The number of carbonyl (C=O) groups excluding carboxylic acids is 1. The molecule has 1 unspecified atom stereocenters. The van der Waals surface area contributed by atoms with Gasteiger partial charge in [-0.1, -0.05) is 13.8 Å². The Morgan fingerprint density at radius 3 is 3.18 bits per heavy atom. The van der Waals surface area contributed by atoms with Crippen LogP contribution in [0.25, 0.3) is 0 Å². The van der Waals surface area contributed by atoms with Gasteiger partial charge in [0.05, 0.1) is 6.54 Å². The molecule has 17 heavy (non-hydrogen) atoms. The Morgan fingerprint density at radius 1 is 1.71 bits per heavy atom. The first kappa shape index (κ1) is 12.5. The Kier molecular flexibility index (Phi) is 4.12. The van der Waals surface area contributed by atoms with E-state index < -0.39 is 0 Å². The maximum absolute atomic E-state index is 11.8. The Labute approximate surface area is 106 Å². The molecular formula is C12H19N3OS. The molecule has 0 aromatic carbocycles. The summed E-state index contributed by atoms with van der Waals surface area (Å²) in [6.45, 7) is 5.97. The third kappa shape index (κ3) is 3.26. The summed E-state index contributed by atoms with van der Waals surface area (Å²) < 4.78 is 0. The van der Waals surface area contributed by atoms with E-state index >= 15 is 0 Å². The van der Waals surface area contributed by atoms with Crippen LogP contribution < -0.4 is 5.32 Å². The van der Waals surface area contributed by atoms with Gasteiger partial charge in [-0.05, 0) is 25.3 Å². The second kappa shape index (κ2) is 5.60. The van der Waals surface area contributed by atoms with E-state index in [1.165, 1.54) is 24.2 Å². The molecule has 0 saturated carbocycles. The summed E-state index contributed by atoms with van der Waals surface area (Å²) in [5.74, 6) is 0.665. The van der Waals surface area contributed by atoms with Crippen molar-refractivity contribution in [2.75, 3.05) is 18.4 Å². The summed E-state index contributed by atoms with van der Waals surface area (Å²) in [5.41, 5.74) is 0. The van der Waals surface area contributed by atoms with Crippen LogP contribution in [0.3, 0.4) is 0 Å². The Morgan fingerprint density at radius 2 is 2.53 bits per heavy atom. The zero-order valence-electron chi connectivity index (χ0n) is 10.3. The van der Waals surface area contributed by atoms with Crippen molar-refractivity contribution >= 4 is 22.4 Å². The summed E-state index contributed by atoms with van der Waals surface area (Å²) in [7, 11) is 0. The van der Waals surface area contributed by atoms with Gasteiger partial charge in [-0.15, -0.1) is 11.3 Å². The van der Waals surface area contributed by atoms with Crippen molar-refractivity contribution in [1.29, 1.82) is 0 Å². The number of anilines is 1. The van der Waals surface area contributed by atoms with E-state index in [0.29, 0.717) is 23.6 Å².